The van der Waals surface area contributed by atoms with E-state index in [-0.39, 0.29) is 0 Å². The number of carboxylic acids is 1. The van der Waals surface area contributed by atoms with E-state index in [0.29, 0.717) is 18.7 Å². The van der Waals surface area contributed by atoms with Gasteiger partial charge in [-0.2, -0.15) is 0 Å². The minimum Gasteiger partial charge on any atom is -0.478 e. The molecule has 0 amide bonds. The van der Waals surface area contributed by atoms with E-state index in [0.717, 1.165) is 22.6 Å². The van der Waals surface area contributed by atoms with Crippen molar-refractivity contribution in [2.75, 3.05) is 0 Å². The van der Waals surface area contributed by atoms with E-state index in [1.165, 1.54) is 11.1 Å². The first-order chi connectivity index (χ1) is 12.5. The van der Waals surface area contributed by atoms with E-state index < -0.39 is 5.97 Å². The third kappa shape index (κ3) is 3.41. The highest BCUT2D eigenvalue weighted by molar-refractivity contribution is 5.91. The highest BCUT2D eigenvalue weighted by Crippen LogP contribution is 2.26. The van der Waals surface area contributed by atoms with Crippen LogP contribution in [0.2, 0.25) is 0 Å². The molecule has 0 aliphatic heterocycles. The number of hydrogen-bond donors (Lipinski definition) is 2. The second-order valence-electron chi connectivity index (χ2n) is 6.53. The number of aromatic nitrogens is 1. The largest absolute Gasteiger partial charge is 0.478 e. The Balaban J connectivity index is 1.91. The molecule has 0 aliphatic carbocycles. The van der Waals surface area contributed by atoms with Crippen molar-refractivity contribution in [3.05, 3.63) is 88.2 Å². The monoisotopic (exact) mass is 348 g/mol. The Morgan fingerprint density at radius 1 is 0.923 bits per heavy atom. The van der Waals surface area contributed by atoms with E-state index >= 15 is 0 Å². The first-order valence-corrected chi connectivity index (χ1v) is 8.75. The van der Waals surface area contributed by atoms with Gasteiger partial charge < -0.3 is 15.0 Å². The van der Waals surface area contributed by atoms with E-state index in [1.54, 1.807) is 0 Å². The predicted molar refractivity (Wildman–Crippen MR) is 104 cm³/mol. The van der Waals surface area contributed by atoms with Gasteiger partial charge in [-0.25, -0.2) is 4.79 Å². The fourth-order valence-corrected chi connectivity index (χ4v) is 3.49. The van der Waals surface area contributed by atoms with Crippen LogP contribution in [0.3, 0.4) is 0 Å². The van der Waals surface area contributed by atoms with Crippen molar-refractivity contribution < 1.29 is 9.90 Å². The van der Waals surface area contributed by atoms with E-state index in [4.69, 9.17) is 0 Å². The van der Waals surface area contributed by atoms with Crippen molar-refractivity contribution >= 4 is 5.97 Å². The number of aromatic carboxylic acids is 1. The summed E-state index contributed by atoms with van der Waals surface area (Å²) in [5.41, 5.74) is 6.39. The van der Waals surface area contributed by atoms with Crippen LogP contribution in [0.1, 0.15) is 38.4 Å². The second-order valence-corrected chi connectivity index (χ2v) is 6.53. The van der Waals surface area contributed by atoms with Gasteiger partial charge in [0.2, 0.25) is 0 Å². The number of hydrogen-bond acceptors (Lipinski definition) is 2. The van der Waals surface area contributed by atoms with Gasteiger partial charge in [-0.15, -0.1) is 0 Å². The SMILES string of the molecule is Cc1ccccc1CNCc1c(C(=O)O)c(C)n(-c2ccccc2)c1C. The molecule has 0 unspecified atom stereocenters. The molecule has 3 aromatic rings. The fraction of sp³-hybridized carbons (Fsp3) is 0.227. The molecule has 0 radical (unpaired) electrons. The number of aryl methyl sites for hydroxylation is 1. The average Bonchev–Trinajstić information content (AvgIpc) is 2.87. The molecule has 4 nitrogen and oxygen atoms in total. The maximum Gasteiger partial charge on any atom is 0.337 e. The molecule has 1 heterocycles. The first-order valence-electron chi connectivity index (χ1n) is 8.75. The lowest BCUT2D eigenvalue weighted by Gasteiger charge is -2.10. The van der Waals surface area contributed by atoms with Crippen LogP contribution in [0.5, 0.6) is 0 Å². The van der Waals surface area contributed by atoms with Crippen LogP contribution in [-0.4, -0.2) is 15.6 Å². The van der Waals surface area contributed by atoms with Gasteiger partial charge in [0, 0.05) is 35.7 Å². The predicted octanol–water partition coefficient (Wildman–Crippen LogP) is 4.39. The number of carboxylic acid groups (broad SMARTS) is 1. The Hall–Kier alpha value is -2.85. The smallest absolute Gasteiger partial charge is 0.337 e. The highest BCUT2D eigenvalue weighted by Gasteiger charge is 2.23. The number of benzene rings is 2. The molecule has 2 aromatic carbocycles. The fourth-order valence-electron chi connectivity index (χ4n) is 3.49. The quantitative estimate of drug-likeness (QED) is 0.694. The standard InChI is InChI=1S/C22H24N2O2/c1-15-9-7-8-10-18(15)13-23-14-20-16(2)24(17(3)21(20)22(25)26)19-11-5-4-6-12-19/h4-12,23H,13-14H2,1-3H3,(H,25,26). The number of nitrogens with zero attached hydrogens (tertiary/aromatic N) is 1. The molecule has 134 valence electrons. The Morgan fingerprint density at radius 3 is 2.23 bits per heavy atom. The van der Waals surface area contributed by atoms with Gasteiger partial charge in [0.05, 0.1) is 5.56 Å². The third-order valence-corrected chi connectivity index (χ3v) is 4.88. The lowest BCUT2D eigenvalue weighted by atomic mass is 10.1. The molecule has 0 aliphatic rings. The van der Waals surface area contributed by atoms with Crippen LogP contribution >= 0.6 is 0 Å². The minimum absolute atomic E-state index is 0.392. The second kappa shape index (κ2) is 7.58. The Labute approximate surface area is 154 Å². The molecule has 0 atom stereocenters. The Morgan fingerprint density at radius 2 is 1.58 bits per heavy atom. The van der Waals surface area contributed by atoms with E-state index in [2.05, 4.69) is 24.4 Å². The summed E-state index contributed by atoms with van der Waals surface area (Å²) in [6.45, 7) is 7.16. The van der Waals surface area contributed by atoms with Crippen molar-refractivity contribution in [1.82, 2.24) is 9.88 Å². The maximum absolute atomic E-state index is 11.9. The number of nitrogens with one attached hydrogen (secondary N) is 1. The van der Waals surface area contributed by atoms with Crippen molar-refractivity contribution in [2.45, 2.75) is 33.9 Å². The highest BCUT2D eigenvalue weighted by atomic mass is 16.4. The van der Waals surface area contributed by atoms with Crippen LogP contribution in [-0.2, 0) is 13.1 Å². The summed E-state index contributed by atoms with van der Waals surface area (Å²) in [7, 11) is 0. The van der Waals surface area contributed by atoms with Crippen molar-refractivity contribution in [3.63, 3.8) is 0 Å². The molecule has 2 N–H and O–H groups in total. The van der Waals surface area contributed by atoms with Crippen LogP contribution in [0, 0.1) is 20.8 Å². The maximum atomic E-state index is 11.9. The van der Waals surface area contributed by atoms with Crippen LogP contribution in [0.4, 0.5) is 0 Å². The average molecular weight is 348 g/mol. The van der Waals surface area contributed by atoms with Gasteiger partial charge in [-0.3, -0.25) is 0 Å². The summed E-state index contributed by atoms with van der Waals surface area (Å²) in [6, 6.07) is 18.1. The first kappa shape index (κ1) is 18.0. The third-order valence-electron chi connectivity index (χ3n) is 4.88. The summed E-state index contributed by atoms with van der Waals surface area (Å²) in [5, 5.41) is 13.2. The van der Waals surface area contributed by atoms with Crippen molar-refractivity contribution in [2.24, 2.45) is 0 Å². The van der Waals surface area contributed by atoms with E-state index in [9.17, 15) is 9.90 Å². The van der Waals surface area contributed by atoms with Gasteiger partial charge in [-0.1, -0.05) is 42.5 Å². The van der Waals surface area contributed by atoms with Crippen LogP contribution < -0.4 is 5.32 Å². The summed E-state index contributed by atoms with van der Waals surface area (Å²) >= 11 is 0. The molecule has 0 bridgehead atoms. The molecular weight excluding hydrogens is 324 g/mol. The zero-order valence-corrected chi connectivity index (χ0v) is 15.4. The molecule has 1 aromatic heterocycles. The zero-order valence-electron chi connectivity index (χ0n) is 15.4. The molecule has 0 spiro atoms. The Bertz CT molecular complexity index is 927. The number of para-hydroxylation sites is 1. The molecule has 3 rings (SSSR count). The number of carbonyl (C=O) groups is 1. The van der Waals surface area contributed by atoms with Gasteiger partial charge in [-0.05, 0) is 44.0 Å². The number of rotatable bonds is 6. The summed E-state index contributed by atoms with van der Waals surface area (Å²) in [4.78, 5) is 11.9. The van der Waals surface area contributed by atoms with E-state index in [1.807, 2.05) is 60.9 Å². The van der Waals surface area contributed by atoms with Crippen molar-refractivity contribution in [1.29, 1.82) is 0 Å². The molecular formula is C22H24N2O2. The topological polar surface area (TPSA) is 54.3 Å². The lowest BCUT2D eigenvalue weighted by molar-refractivity contribution is 0.0695. The van der Waals surface area contributed by atoms with Crippen LogP contribution in [0.15, 0.2) is 54.6 Å². The van der Waals surface area contributed by atoms with Gasteiger partial charge in [0.25, 0.3) is 0 Å². The van der Waals surface area contributed by atoms with Gasteiger partial charge >= 0.3 is 5.97 Å². The normalized spacial score (nSPS) is 10.9. The summed E-state index contributed by atoms with van der Waals surface area (Å²) in [6.07, 6.45) is 0. The lowest BCUT2D eigenvalue weighted by Crippen LogP contribution is -2.16. The molecule has 0 fully saturated rings. The van der Waals surface area contributed by atoms with Crippen LogP contribution in [0.25, 0.3) is 5.69 Å². The zero-order chi connectivity index (χ0) is 18.7. The summed E-state index contributed by atoms with van der Waals surface area (Å²) in [5.74, 6) is -0.882. The molecule has 0 saturated heterocycles. The minimum atomic E-state index is -0.882. The summed E-state index contributed by atoms with van der Waals surface area (Å²) < 4.78 is 2.02. The van der Waals surface area contributed by atoms with Gasteiger partial charge in [0.1, 0.15) is 0 Å². The molecule has 4 heteroatoms. The van der Waals surface area contributed by atoms with Gasteiger partial charge in [0.15, 0.2) is 0 Å². The van der Waals surface area contributed by atoms with Crippen molar-refractivity contribution in [3.8, 4) is 5.69 Å². The molecule has 26 heavy (non-hydrogen) atoms. The molecule has 0 saturated carbocycles. The Kier molecular flexibility index (Phi) is 5.24.